The van der Waals surface area contributed by atoms with Gasteiger partial charge in [0.2, 0.25) is 0 Å². The van der Waals surface area contributed by atoms with Crippen molar-refractivity contribution in [1.29, 1.82) is 0 Å². The van der Waals surface area contributed by atoms with Crippen molar-refractivity contribution in [3.8, 4) is 11.5 Å². The van der Waals surface area contributed by atoms with Crippen LogP contribution in [0.2, 0.25) is 0 Å². The molecule has 108 valence electrons. The van der Waals surface area contributed by atoms with E-state index >= 15 is 0 Å². The average Bonchev–Trinajstić information content (AvgIpc) is 2.41. The van der Waals surface area contributed by atoms with Gasteiger partial charge < -0.3 is 19.5 Å². The molecule has 0 bridgehead atoms. The summed E-state index contributed by atoms with van der Waals surface area (Å²) in [5.74, 6) is 1.66. The molecule has 4 nitrogen and oxygen atoms in total. The van der Waals surface area contributed by atoms with Gasteiger partial charge in [0, 0.05) is 18.2 Å². The Balaban J connectivity index is 2.60. The van der Waals surface area contributed by atoms with E-state index in [9.17, 15) is 0 Å². The zero-order chi connectivity index (χ0) is 14.1. The molecule has 0 aliphatic carbocycles. The van der Waals surface area contributed by atoms with Crippen LogP contribution in [-0.2, 0) is 11.3 Å². The number of nitrogens with one attached hydrogen (secondary N) is 1. The molecule has 1 aromatic rings. The van der Waals surface area contributed by atoms with Crippen LogP contribution in [0.3, 0.4) is 0 Å². The Hall–Kier alpha value is -1.26. The summed E-state index contributed by atoms with van der Waals surface area (Å²) in [7, 11) is 1.66. The predicted octanol–water partition coefficient (Wildman–Crippen LogP) is 2.61. The Labute approximate surface area is 116 Å². The number of rotatable bonds is 9. The number of benzene rings is 1. The molecule has 1 aromatic carbocycles. The molecular weight excluding hydrogens is 242 g/mol. The fourth-order valence-corrected chi connectivity index (χ4v) is 1.64. The summed E-state index contributed by atoms with van der Waals surface area (Å²) in [6.45, 7) is 8.98. The Kier molecular flexibility index (Phi) is 7.30. The Morgan fingerprint density at radius 3 is 2.63 bits per heavy atom. The monoisotopic (exact) mass is 267 g/mol. The lowest BCUT2D eigenvalue weighted by Crippen LogP contribution is -2.15. The highest BCUT2D eigenvalue weighted by Crippen LogP contribution is 2.24. The number of methoxy groups -OCH3 is 1. The molecule has 19 heavy (non-hydrogen) atoms. The summed E-state index contributed by atoms with van der Waals surface area (Å²) < 4.78 is 16.5. The van der Waals surface area contributed by atoms with Crippen LogP contribution in [-0.4, -0.2) is 33.0 Å². The van der Waals surface area contributed by atoms with E-state index in [4.69, 9.17) is 14.2 Å². The number of hydrogen-bond donors (Lipinski definition) is 1. The fraction of sp³-hybridized carbons (Fsp3) is 0.600. The molecule has 0 amide bonds. The lowest BCUT2D eigenvalue weighted by atomic mass is 10.2. The maximum absolute atomic E-state index is 5.78. The minimum atomic E-state index is 0.232. The Morgan fingerprint density at radius 1 is 1.21 bits per heavy atom. The van der Waals surface area contributed by atoms with Crippen molar-refractivity contribution < 1.29 is 14.2 Å². The van der Waals surface area contributed by atoms with Crippen molar-refractivity contribution in [2.75, 3.05) is 26.9 Å². The summed E-state index contributed by atoms with van der Waals surface area (Å²) in [4.78, 5) is 0. The van der Waals surface area contributed by atoms with Crippen molar-refractivity contribution in [3.63, 3.8) is 0 Å². The molecule has 0 aliphatic rings. The molecule has 0 saturated carbocycles. The molecule has 0 heterocycles. The van der Waals surface area contributed by atoms with Crippen molar-refractivity contribution in [2.24, 2.45) is 0 Å². The molecule has 0 fully saturated rings. The van der Waals surface area contributed by atoms with E-state index < -0.39 is 0 Å². The van der Waals surface area contributed by atoms with Crippen LogP contribution in [0.4, 0.5) is 0 Å². The van der Waals surface area contributed by atoms with Gasteiger partial charge in [-0.25, -0.2) is 0 Å². The predicted molar refractivity (Wildman–Crippen MR) is 77.0 cm³/mol. The van der Waals surface area contributed by atoms with E-state index in [1.807, 2.05) is 32.0 Å². The fourth-order valence-electron chi connectivity index (χ4n) is 1.64. The second-order valence-electron chi connectivity index (χ2n) is 4.52. The van der Waals surface area contributed by atoms with Gasteiger partial charge in [0.1, 0.15) is 18.1 Å². The smallest absolute Gasteiger partial charge is 0.127 e. The van der Waals surface area contributed by atoms with Gasteiger partial charge in [-0.1, -0.05) is 13.0 Å². The van der Waals surface area contributed by atoms with E-state index in [0.717, 1.165) is 30.2 Å². The van der Waals surface area contributed by atoms with E-state index in [1.54, 1.807) is 7.11 Å². The van der Waals surface area contributed by atoms with Crippen LogP contribution in [0.5, 0.6) is 11.5 Å². The molecular formula is C15H25NO3. The first-order valence-corrected chi connectivity index (χ1v) is 6.79. The topological polar surface area (TPSA) is 39.7 Å². The lowest BCUT2D eigenvalue weighted by molar-refractivity contribution is 0.0550. The largest absolute Gasteiger partial charge is 0.497 e. The van der Waals surface area contributed by atoms with Gasteiger partial charge in [-0.3, -0.25) is 0 Å². The molecule has 1 rings (SSSR count). The minimum absolute atomic E-state index is 0.232. The first-order chi connectivity index (χ1) is 9.17. The summed E-state index contributed by atoms with van der Waals surface area (Å²) in [5, 5.41) is 3.30. The van der Waals surface area contributed by atoms with Crippen LogP contribution >= 0.6 is 0 Å². The zero-order valence-electron chi connectivity index (χ0n) is 12.4. The summed E-state index contributed by atoms with van der Waals surface area (Å²) in [5.41, 5.74) is 1.13. The van der Waals surface area contributed by atoms with Gasteiger partial charge >= 0.3 is 0 Å². The lowest BCUT2D eigenvalue weighted by Gasteiger charge is -2.14. The van der Waals surface area contributed by atoms with Gasteiger partial charge in [0.25, 0.3) is 0 Å². The van der Waals surface area contributed by atoms with Gasteiger partial charge in [0.15, 0.2) is 0 Å². The molecule has 4 heteroatoms. The van der Waals surface area contributed by atoms with E-state index in [1.165, 1.54) is 0 Å². The van der Waals surface area contributed by atoms with Gasteiger partial charge in [-0.15, -0.1) is 0 Å². The summed E-state index contributed by atoms with van der Waals surface area (Å²) in [6.07, 6.45) is 0.232. The van der Waals surface area contributed by atoms with Crippen LogP contribution in [0, 0.1) is 0 Å². The number of hydrogen-bond acceptors (Lipinski definition) is 4. The van der Waals surface area contributed by atoms with E-state index in [-0.39, 0.29) is 6.10 Å². The van der Waals surface area contributed by atoms with Gasteiger partial charge in [0.05, 0.1) is 19.8 Å². The molecule has 0 saturated heterocycles. The first-order valence-electron chi connectivity index (χ1n) is 6.79. The molecule has 0 aromatic heterocycles. The van der Waals surface area contributed by atoms with Crippen LogP contribution < -0.4 is 14.8 Å². The van der Waals surface area contributed by atoms with Crippen molar-refractivity contribution in [1.82, 2.24) is 5.32 Å². The second kappa shape index (κ2) is 8.77. The maximum atomic E-state index is 5.78. The molecule has 0 unspecified atom stereocenters. The molecule has 0 atom stereocenters. The van der Waals surface area contributed by atoms with Gasteiger partial charge in [-0.2, -0.15) is 0 Å². The third-order valence-electron chi connectivity index (χ3n) is 2.63. The second-order valence-corrected chi connectivity index (χ2v) is 4.52. The first kappa shape index (κ1) is 15.8. The third kappa shape index (κ3) is 5.94. The molecule has 0 spiro atoms. The minimum Gasteiger partial charge on any atom is -0.497 e. The summed E-state index contributed by atoms with van der Waals surface area (Å²) >= 11 is 0. The quantitative estimate of drug-likeness (QED) is 0.698. The molecule has 0 radical (unpaired) electrons. The Bertz CT molecular complexity index is 366. The van der Waals surface area contributed by atoms with Gasteiger partial charge in [-0.05, 0) is 26.5 Å². The standard InChI is InChI=1S/C15H25NO3/c1-5-16-11-13-6-7-14(17-4)10-15(13)19-9-8-18-12(2)3/h6-7,10,12,16H,5,8-9,11H2,1-4H3. The molecule has 0 aliphatic heterocycles. The van der Waals surface area contributed by atoms with E-state index in [2.05, 4.69) is 12.2 Å². The highest BCUT2D eigenvalue weighted by molar-refractivity contribution is 5.40. The van der Waals surface area contributed by atoms with Crippen LogP contribution in [0.25, 0.3) is 0 Å². The SMILES string of the molecule is CCNCc1ccc(OC)cc1OCCOC(C)C. The van der Waals surface area contributed by atoms with Crippen LogP contribution in [0.15, 0.2) is 18.2 Å². The van der Waals surface area contributed by atoms with Crippen LogP contribution in [0.1, 0.15) is 26.3 Å². The highest BCUT2D eigenvalue weighted by Gasteiger charge is 2.06. The third-order valence-corrected chi connectivity index (χ3v) is 2.63. The normalized spacial score (nSPS) is 10.8. The number of ether oxygens (including phenoxy) is 3. The van der Waals surface area contributed by atoms with Crippen molar-refractivity contribution in [3.05, 3.63) is 23.8 Å². The van der Waals surface area contributed by atoms with Crippen molar-refractivity contribution >= 4 is 0 Å². The molecule has 1 N–H and O–H groups in total. The average molecular weight is 267 g/mol. The highest BCUT2D eigenvalue weighted by atomic mass is 16.5. The zero-order valence-corrected chi connectivity index (χ0v) is 12.4. The van der Waals surface area contributed by atoms with E-state index in [0.29, 0.717) is 13.2 Å². The summed E-state index contributed by atoms with van der Waals surface area (Å²) in [6, 6.07) is 5.90. The van der Waals surface area contributed by atoms with Crippen molar-refractivity contribution in [2.45, 2.75) is 33.4 Å². The Morgan fingerprint density at radius 2 is 2.00 bits per heavy atom. The maximum Gasteiger partial charge on any atom is 0.127 e.